The second kappa shape index (κ2) is 6.60. The van der Waals surface area contributed by atoms with Gasteiger partial charge in [0.25, 0.3) is 5.91 Å². The van der Waals surface area contributed by atoms with Gasteiger partial charge in [-0.25, -0.2) is 9.48 Å². The number of hydrogen-bond donors (Lipinski definition) is 3. The maximum absolute atomic E-state index is 12.3. The van der Waals surface area contributed by atoms with E-state index in [0.29, 0.717) is 10.8 Å². The summed E-state index contributed by atoms with van der Waals surface area (Å²) < 4.78 is 36.5. The number of hydroxylamine groups is 2. The first-order valence-corrected chi connectivity index (χ1v) is 9.70. The van der Waals surface area contributed by atoms with Crippen LogP contribution in [0, 0.1) is 0 Å². The molecule has 1 unspecified atom stereocenters. The number of rotatable bonds is 5. The molecule has 27 heavy (non-hydrogen) atoms. The van der Waals surface area contributed by atoms with Crippen molar-refractivity contribution in [2.24, 2.45) is 0 Å². The molecule has 2 atom stereocenters. The fourth-order valence-corrected chi connectivity index (χ4v) is 3.74. The smallest absolute Gasteiger partial charge is 0.347 e. The molecule has 146 valence electrons. The van der Waals surface area contributed by atoms with E-state index < -0.39 is 22.5 Å². The predicted octanol–water partition coefficient (Wildman–Crippen LogP) is -1.33. The molecule has 0 saturated carbocycles. The highest BCUT2D eigenvalue weighted by atomic mass is 32.3. The minimum atomic E-state index is -4.81. The minimum absolute atomic E-state index is 0.0715. The number of fused-ring (bicyclic) bond motifs is 2. The van der Waals surface area contributed by atoms with Crippen molar-refractivity contribution in [2.75, 3.05) is 26.2 Å². The summed E-state index contributed by atoms with van der Waals surface area (Å²) in [5, 5.41) is 10.9. The van der Waals surface area contributed by atoms with Gasteiger partial charge in [0, 0.05) is 25.3 Å². The standard InChI is InChI=1S/C14H18N6O6S/c21-13(16-9-1-3-15-6-9)12-2-4-19(17-12)10-5-11-8-18(7-10)14(22)20(11)26-27(23,24)25/h2,4-5,9,11,15H,1,3,6-8H2,(H,16,21)(H,23,24,25)/t9-,11?/m0/s1. The Balaban J connectivity index is 1.49. The van der Waals surface area contributed by atoms with Gasteiger partial charge in [0.05, 0.1) is 12.2 Å². The van der Waals surface area contributed by atoms with E-state index >= 15 is 0 Å². The molecule has 1 aromatic rings. The third-order valence-corrected chi connectivity index (χ3v) is 4.94. The zero-order chi connectivity index (χ0) is 19.2. The summed E-state index contributed by atoms with van der Waals surface area (Å²) in [6.45, 7) is 1.97. The molecular formula is C14H18N6O6S. The Morgan fingerprint density at radius 2 is 2.26 bits per heavy atom. The van der Waals surface area contributed by atoms with E-state index in [2.05, 4.69) is 20.0 Å². The van der Waals surface area contributed by atoms with Crippen LogP contribution in [0.1, 0.15) is 16.9 Å². The summed E-state index contributed by atoms with van der Waals surface area (Å²) in [5.41, 5.74) is 0.829. The number of amides is 3. The molecule has 12 nitrogen and oxygen atoms in total. The predicted molar refractivity (Wildman–Crippen MR) is 90.5 cm³/mol. The molecule has 4 heterocycles. The number of nitrogens with one attached hydrogen (secondary N) is 2. The number of aromatic nitrogens is 2. The Bertz CT molecular complexity index is 905. The lowest BCUT2D eigenvalue weighted by atomic mass is 10.2. The molecule has 3 aliphatic heterocycles. The van der Waals surface area contributed by atoms with Crippen molar-refractivity contribution >= 4 is 28.0 Å². The molecule has 0 spiro atoms. The van der Waals surface area contributed by atoms with Crippen LogP contribution in [0.25, 0.3) is 5.70 Å². The third-order valence-electron chi connectivity index (χ3n) is 4.59. The SMILES string of the molecule is O=C(N[C@H]1CCNC1)c1ccn(C2=CC3CN(C2)C(=O)N3OS(=O)(=O)O)n1. The highest BCUT2D eigenvalue weighted by Gasteiger charge is 2.43. The van der Waals surface area contributed by atoms with Gasteiger partial charge < -0.3 is 15.5 Å². The summed E-state index contributed by atoms with van der Waals surface area (Å²) in [5.74, 6) is -0.283. The summed E-state index contributed by atoms with van der Waals surface area (Å²) in [6, 6.07) is 0.262. The van der Waals surface area contributed by atoms with E-state index in [1.165, 1.54) is 9.58 Å². The first-order chi connectivity index (χ1) is 12.8. The van der Waals surface area contributed by atoms with Crippen LogP contribution in [0.2, 0.25) is 0 Å². The van der Waals surface area contributed by atoms with Crippen LogP contribution in [0.4, 0.5) is 4.79 Å². The van der Waals surface area contributed by atoms with Gasteiger partial charge in [0.1, 0.15) is 6.04 Å². The molecule has 0 radical (unpaired) electrons. The Morgan fingerprint density at radius 3 is 2.96 bits per heavy atom. The highest BCUT2D eigenvalue weighted by Crippen LogP contribution is 2.27. The molecule has 2 bridgehead atoms. The average Bonchev–Trinajstić information content (AvgIpc) is 3.32. The lowest BCUT2D eigenvalue weighted by molar-refractivity contribution is -0.0183. The highest BCUT2D eigenvalue weighted by molar-refractivity contribution is 7.80. The number of carbonyl (C=O) groups is 2. The van der Waals surface area contributed by atoms with Crippen molar-refractivity contribution in [3.8, 4) is 0 Å². The van der Waals surface area contributed by atoms with Gasteiger partial charge >= 0.3 is 16.4 Å². The van der Waals surface area contributed by atoms with Gasteiger partial charge in [-0.2, -0.15) is 18.6 Å². The van der Waals surface area contributed by atoms with Crippen LogP contribution in [0.3, 0.4) is 0 Å². The van der Waals surface area contributed by atoms with E-state index in [0.717, 1.165) is 19.5 Å². The first-order valence-electron chi connectivity index (χ1n) is 8.33. The van der Waals surface area contributed by atoms with E-state index in [9.17, 15) is 18.0 Å². The lowest BCUT2D eigenvalue weighted by Gasteiger charge is -2.21. The Kier molecular flexibility index (Phi) is 4.38. The summed E-state index contributed by atoms with van der Waals surface area (Å²) in [7, 11) is -4.81. The monoisotopic (exact) mass is 398 g/mol. The largest absolute Gasteiger partial charge is 0.418 e. The Labute approximate surface area is 154 Å². The van der Waals surface area contributed by atoms with Crippen LogP contribution in [0.5, 0.6) is 0 Å². The van der Waals surface area contributed by atoms with Crippen molar-refractivity contribution in [1.82, 2.24) is 30.4 Å². The lowest BCUT2D eigenvalue weighted by Crippen LogP contribution is -2.36. The molecule has 0 aliphatic carbocycles. The molecule has 2 saturated heterocycles. The van der Waals surface area contributed by atoms with Crippen LogP contribution >= 0.6 is 0 Å². The van der Waals surface area contributed by atoms with E-state index in [1.807, 2.05) is 0 Å². The van der Waals surface area contributed by atoms with Crippen molar-refractivity contribution in [3.63, 3.8) is 0 Å². The van der Waals surface area contributed by atoms with Crippen LogP contribution in [0.15, 0.2) is 18.3 Å². The molecule has 3 aliphatic rings. The Morgan fingerprint density at radius 1 is 1.44 bits per heavy atom. The van der Waals surface area contributed by atoms with Gasteiger partial charge in [-0.1, -0.05) is 0 Å². The van der Waals surface area contributed by atoms with Gasteiger partial charge in [-0.3, -0.25) is 9.35 Å². The topological polar surface area (TPSA) is 146 Å². The zero-order valence-corrected chi connectivity index (χ0v) is 14.9. The van der Waals surface area contributed by atoms with E-state index in [4.69, 9.17) is 4.55 Å². The summed E-state index contributed by atoms with van der Waals surface area (Å²) in [4.78, 5) is 25.8. The van der Waals surface area contributed by atoms with Crippen LogP contribution < -0.4 is 10.6 Å². The zero-order valence-electron chi connectivity index (χ0n) is 14.1. The van der Waals surface area contributed by atoms with Crippen LogP contribution in [-0.2, 0) is 14.7 Å². The molecule has 4 rings (SSSR count). The van der Waals surface area contributed by atoms with Crippen molar-refractivity contribution in [3.05, 3.63) is 24.0 Å². The average molecular weight is 398 g/mol. The van der Waals surface area contributed by atoms with Crippen LogP contribution in [-0.4, -0.2) is 82.9 Å². The number of urea groups is 1. The minimum Gasteiger partial charge on any atom is -0.347 e. The number of carbonyl (C=O) groups excluding carboxylic acids is 2. The first kappa shape index (κ1) is 17.9. The Hall–Kier alpha value is -2.48. The second-order valence-electron chi connectivity index (χ2n) is 6.53. The van der Waals surface area contributed by atoms with Gasteiger partial charge in [0.15, 0.2) is 5.69 Å². The molecule has 0 aromatic carbocycles. The molecule has 1 aromatic heterocycles. The number of nitrogens with zero attached hydrogens (tertiary/aromatic N) is 4. The number of hydrogen-bond acceptors (Lipinski definition) is 7. The van der Waals surface area contributed by atoms with E-state index in [-0.39, 0.29) is 30.7 Å². The summed E-state index contributed by atoms with van der Waals surface area (Å²) in [6.07, 6.45) is 4.07. The summed E-state index contributed by atoms with van der Waals surface area (Å²) >= 11 is 0. The fraction of sp³-hybridized carbons (Fsp3) is 0.500. The van der Waals surface area contributed by atoms with Gasteiger partial charge in [-0.05, 0) is 25.1 Å². The fourth-order valence-electron chi connectivity index (χ4n) is 3.36. The molecule has 3 N–H and O–H groups in total. The van der Waals surface area contributed by atoms with Crippen molar-refractivity contribution in [2.45, 2.75) is 18.5 Å². The molecule has 13 heteroatoms. The second-order valence-corrected chi connectivity index (χ2v) is 7.53. The van der Waals surface area contributed by atoms with Gasteiger partial charge in [0.2, 0.25) is 0 Å². The van der Waals surface area contributed by atoms with E-state index in [1.54, 1.807) is 18.3 Å². The third kappa shape index (κ3) is 3.66. The maximum Gasteiger partial charge on any atom is 0.418 e. The molecule has 3 amide bonds. The van der Waals surface area contributed by atoms with Gasteiger partial charge in [-0.15, -0.1) is 4.28 Å². The maximum atomic E-state index is 12.3. The quantitative estimate of drug-likeness (QED) is 0.517. The molecular weight excluding hydrogens is 380 g/mol. The van der Waals surface area contributed by atoms with Crippen molar-refractivity contribution < 1.29 is 26.8 Å². The molecule has 2 fully saturated rings. The normalized spacial score (nSPS) is 25.1. The van der Waals surface area contributed by atoms with Crippen molar-refractivity contribution in [1.29, 1.82) is 0 Å².